The molecule has 1 aliphatic rings. The van der Waals surface area contributed by atoms with Crippen molar-refractivity contribution in [2.45, 2.75) is 44.3 Å². The zero-order valence-corrected chi connectivity index (χ0v) is 20.0. The molecule has 0 saturated heterocycles. The number of hydrogen-bond acceptors (Lipinski definition) is 7. The molecule has 3 aromatic rings. The van der Waals surface area contributed by atoms with Gasteiger partial charge in [0.1, 0.15) is 36.3 Å². The summed E-state index contributed by atoms with van der Waals surface area (Å²) in [5.74, 6) is -2.96. The second kappa shape index (κ2) is 9.50. The summed E-state index contributed by atoms with van der Waals surface area (Å²) in [5, 5.41) is 12.7. The number of rotatable bonds is 10. The standard InChI is InChI=1S/C25H28F3N3O4/c1-14(16-6-5-7-18(22(16)26)25(27,28)12-32)29-23-17-10-21(35-13-24(34-4)8-9-24)20(33-3)11-19(17)30-15(2)31-23/h5-7,10-11,14,32H,8-9,12-13H2,1-4H3,(H,29,30,31)/t14-/m1/s1. The summed E-state index contributed by atoms with van der Waals surface area (Å²) >= 11 is 0. The van der Waals surface area contributed by atoms with Gasteiger partial charge in [0.15, 0.2) is 11.5 Å². The Hall–Kier alpha value is -3.11. The monoisotopic (exact) mass is 491 g/mol. The summed E-state index contributed by atoms with van der Waals surface area (Å²) in [4.78, 5) is 8.93. The molecule has 0 bridgehead atoms. The molecule has 0 radical (unpaired) electrons. The van der Waals surface area contributed by atoms with Crippen LogP contribution in [0.4, 0.5) is 19.0 Å². The Labute approximate surface area is 201 Å². The molecule has 1 fully saturated rings. The van der Waals surface area contributed by atoms with Gasteiger partial charge in [-0.3, -0.25) is 0 Å². The highest BCUT2D eigenvalue weighted by Gasteiger charge is 2.44. The fourth-order valence-electron chi connectivity index (χ4n) is 3.93. The fraction of sp³-hybridized carbons (Fsp3) is 0.440. The van der Waals surface area contributed by atoms with Gasteiger partial charge in [-0.05, 0) is 38.8 Å². The Morgan fingerprint density at radius 3 is 2.54 bits per heavy atom. The average molecular weight is 492 g/mol. The van der Waals surface area contributed by atoms with Gasteiger partial charge in [-0.1, -0.05) is 12.1 Å². The van der Waals surface area contributed by atoms with Crippen molar-refractivity contribution >= 4 is 16.7 Å². The van der Waals surface area contributed by atoms with Crippen molar-refractivity contribution < 1.29 is 32.5 Å². The molecule has 1 atom stereocenters. The first kappa shape index (κ1) is 25.0. The van der Waals surface area contributed by atoms with Crippen LogP contribution in [0.1, 0.15) is 42.8 Å². The number of halogens is 3. The van der Waals surface area contributed by atoms with E-state index in [1.807, 2.05) is 0 Å². The fourth-order valence-corrected chi connectivity index (χ4v) is 3.93. The second-order valence-corrected chi connectivity index (χ2v) is 8.75. The van der Waals surface area contributed by atoms with Crippen molar-refractivity contribution in [3.05, 3.63) is 53.1 Å². The van der Waals surface area contributed by atoms with Crippen LogP contribution in [0.15, 0.2) is 30.3 Å². The van der Waals surface area contributed by atoms with E-state index in [2.05, 4.69) is 15.3 Å². The Bertz CT molecular complexity index is 1230. The van der Waals surface area contributed by atoms with Crippen LogP contribution in [-0.4, -0.2) is 48.1 Å². The molecule has 188 valence electrons. The minimum absolute atomic E-state index is 0.0146. The zero-order valence-electron chi connectivity index (χ0n) is 20.0. The van der Waals surface area contributed by atoms with E-state index in [-0.39, 0.29) is 11.2 Å². The maximum absolute atomic E-state index is 15.0. The lowest BCUT2D eigenvalue weighted by Crippen LogP contribution is -2.22. The van der Waals surface area contributed by atoms with Crippen molar-refractivity contribution in [3.8, 4) is 11.5 Å². The number of benzene rings is 2. The third-order valence-electron chi connectivity index (χ3n) is 6.27. The largest absolute Gasteiger partial charge is 0.493 e. The molecule has 0 aliphatic heterocycles. The van der Waals surface area contributed by atoms with Crippen LogP contribution < -0.4 is 14.8 Å². The number of methoxy groups -OCH3 is 2. The summed E-state index contributed by atoms with van der Waals surface area (Å²) < 4.78 is 60.0. The van der Waals surface area contributed by atoms with Gasteiger partial charge in [-0.15, -0.1) is 0 Å². The second-order valence-electron chi connectivity index (χ2n) is 8.75. The van der Waals surface area contributed by atoms with Gasteiger partial charge in [0.05, 0.1) is 24.2 Å². The van der Waals surface area contributed by atoms with Gasteiger partial charge in [0.25, 0.3) is 5.92 Å². The lowest BCUT2D eigenvalue weighted by molar-refractivity contribution is -0.0583. The predicted molar refractivity (Wildman–Crippen MR) is 125 cm³/mol. The van der Waals surface area contributed by atoms with E-state index >= 15 is 4.39 Å². The van der Waals surface area contributed by atoms with Gasteiger partial charge in [0.2, 0.25) is 0 Å². The molecule has 2 aromatic carbocycles. The first-order chi connectivity index (χ1) is 16.6. The molecular weight excluding hydrogens is 463 g/mol. The van der Waals surface area contributed by atoms with Crippen molar-refractivity contribution in [3.63, 3.8) is 0 Å². The molecule has 1 aromatic heterocycles. The summed E-state index contributed by atoms with van der Waals surface area (Å²) in [6.45, 7) is 2.22. The quantitative estimate of drug-likeness (QED) is 0.417. The van der Waals surface area contributed by atoms with Gasteiger partial charge < -0.3 is 24.6 Å². The van der Waals surface area contributed by atoms with Gasteiger partial charge in [0, 0.05) is 24.1 Å². The lowest BCUT2D eigenvalue weighted by atomic mass is 10.00. The maximum atomic E-state index is 15.0. The van der Waals surface area contributed by atoms with Crippen LogP contribution in [0.3, 0.4) is 0 Å². The maximum Gasteiger partial charge on any atom is 0.298 e. The topological polar surface area (TPSA) is 85.7 Å². The summed E-state index contributed by atoms with van der Waals surface area (Å²) in [6.07, 6.45) is 1.82. The number of aromatic nitrogens is 2. The van der Waals surface area contributed by atoms with Crippen LogP contribution in [-0.2, 0) is 10.7 Å². The van der Waals surface area contributed by atoms with Crippen LogP contribution in [0.2, 0.25) is 0 Å². The van der Waals surface area contributed by atoms with E-state index in [4.69, 9.17) is 19.3 Å². The average Bonchev–Trinajstić information content (AvgIpc) is 3.62. The Kier molecular flexibility index (Phi) is 6.79. The molecule has 10 heteroatoms. The van der Waals surface area contributed by atoms with Gasteiger partial charge in [-0.2, -0.15) is 8.78 Å². The number of hydrogen-bond donors (Lipinski definition) is 2. The SMILES string of the molecule is COc1cc2nc(C)nc(N[C@H](C)c3cccc(C(F)(F)CO)c3F)c2cc1OCC1(OC)CC1. The van der Waals surface area contributed by atoms with Gasteiger partial charge in [-0.25, -0.2) is 14.4 Å². The number of fused-ring (bicyclic) bond motifs is 1. The molecule has 1 heterocycles. The molecular formula is C25H28F3N3O4. The Morgan fingerprint density at radius 1 is 1.17 bits per heavy atom. The molecule has 1 saturated carbocycles. The summed E-state index contributed by atoms with van der Waals surface area (Å²) in [5.41, 5.74) is -0.563. The minimum atomic E-state index is -3.69. The van der Waals surface area contributed by atoms with Crippen molar-refractivity contribution in [1.29, 1.82) is 0 Å². The number of alkyl halides is 2. The molecule has 0 unspecified atom stereocenters. The van der Waals surface area contributed by atoms with Crippen molar-refractivity contribution in [1.82, 2.24) is 9.97 Å². The smallest absolute Gasteiger partial charge is 0.298 e. The summed E-state index contributed by atoms with van der Waals surface area (Å²) in [7, 11) is 3.18. The molecule has 7 nitrogen and oxygen atoms in total. The van der Waals surface area contributed by atoms with Crippen LogP contribution >= 0.6 is 0 Å². The number of aliphatic hydroxyl groups is 1. The zero-order chi connectivity index (χ0) is 25.4. The first-order valence-corrected chi connectivity index (χ1v) is 11.2. The Morgan fingerprint density at radius 2 is 1.91 bits per heavy atom. The van der Waals surface area contributed by atoms with E-state index in [1.165, 1.54) is 19.2 Å². The van der Waals surface area contributed by atoms with Gasteiger partial charge >= 0.3 is 0 Å². The predicted octanol–water partition coefficient (Wildman–Crippen LogP) is 4.90. The molecule has 1 aliphatic carbocycles. The van der Waals surface area contributed by atoms with Crippen LogP contribution in [0.25, 0.3) is 10.9 Å². The van der Waals surface area contributed by atoms with E-state index in [1.54, 1.807) is 33.1 Å². The van der Waals surface area contributed by atoms with E-state index < -0.39 is 30.0 Å². The number of nitrogens with one attached hydrogen (secondary N) is 1. The highest BCUT2D eigenvalue weighted by atomic mass is 19.3. The number of nitrogens with zero attached hydrogens (tertiary/aromatic N) is 2. The van der Waals surface area contributed by atoms with Crippen LogP contribution in [0.5, 0.6) is 11.5 Å². The first-order valence-electron chi connectivity index (χ1n) is 11.2. The minimum Gasteiger partial charge on any atom is -0.493 e. The normalized spacial score (nSPS) is 15.7. The van der Waals surface area contributed by atoms with Crippen LogP contribution in [0, 0.1) is 12.7 Å². The van der Waals surface area contributed by atoms with E-state index in [0.717, 1.165) is 18.9 Å². The highest BCUT2D eigenvalue weighted by molar-refractivity contribution is 5.92. The lowest BCUT2D eigenvalue weighted by Gasteiger charge is -2.21. The van der Waals surface area contributed by atoms with E-state index in [9.17, 15) is 8.78 Å². The number of aryl methyl sites for hydroxylation is 1. The molecule has 35 heavy (non-hydrogen) atoms. The van der Waals surface area contributed by atoms with Crippen molar-refractivity contribution in [2.75, 3.05) is 32.8 Å². The van der Waals surface area contributed by atoms with Crippen molar-refractivity contribution in [2.24, 2.45) is 0 Å². The highest BCUT2D eigenvalue weighted by Crippen LogP contribution is 2.41. The van der Waals surface area contributed by atoms with E-state index in [0.29, 0.717) is 40.7 Å². The summed E-state index contributed by atoms with van der Waals surface area (Å²) in [6, 6.07) is 6.45. The number of anilines is 1. The molecule has 0 amide bonds. The number of ether oxygens (including phenoxy) is 3. The molecule has 4 rings (SSSR count). The third kappa shape index (κ3) is 4.99. The number of aliphatic hydroxyl groups excluding tert-OH is 1. The third-order valence-corrected chi connectivity index (χ3v) is 6.27. The molecule has 2 N–H and O–H groups in total. The Balaban J connectivity index is 1.70. The molecule has 0 spiro atoms.